The molecule has 0 N–H and O–H groups in total. The number of benzene rings is 1. The number of hydrogen-bond acceptors (Lipinski definition) is 2. The lowest BCUT2D eigenvalue weighted by Gasteiger charge is -2.47. The van der Waals surface area contributed by atoms with Crippen LogP contribution in [-0.4, -0.2) is 36.0 Å². The molecule has 1 atom stereocenters. The van der Waals surface area contributed by atoms with Gasteiger partial charge in [0.1, 0.15) is 0 Å². The molecule has 2 heterocycles. The number of rotatable bonds is 4. The Kier molecular flexibility index (Phi) is 4.55. The quantitative estimate of drug-likeness (QED) is 0.827. The second-order valence-electron chi connectivity index (χ2n) is 6.85. The molecule has 0 unspecified atom stereocenters. The molecule has 1 aromatic carbocycles. The number of halogens is 2. The van der Waals surface area contributed by atoms with E-state index in [2.05, 4.69) is 23.6 Å². The molecule has 1 spiro atoms. The Bertz CT molecular complexity index is 492. The zero-order valence-corrected chi connectivity index (χ0v) is 13.4. The Morgan fingerprint density at radius 2 is 1.90 bits per heavy atom. The van der Waals surface area contributed by atoms with E-state index in [4.69, 9.17) is 0 Å². The predicted molar refractivity (Wildman–Crippen MR) is 84.7 cm³/mol. The zero-order valence-electron chi connectivity index (χ0n) is 12.6. The van der Waals surface area contributed by atoms with E-state index >= 15 is 0 Å². The molecule has 0 aliphatic carbocycles. The Labute approximate surface area is 130 Å². The third-order valence-electron chi connectivity index (χ3n) is 4.87. The lowest BCUT2D eigenvalue weighted by Crippen LogP contribution is -2.47. The molecular formula is C17H23F2NS. The van der Waals surface area contributed by atoms with Gasteiger partial charge in [-0.15, -0.1) is 0 Å². The first-order valence-electron chi connectivity index (χ1n) is 7.80. The molecule has 0 radical (unpaired) electrons. The first-order valence-corrected chi connectivity index (χ1v) is 8.96. The van der Waals surface area contributed by atoms with Gasteiger partial charge in [-0.1, -0.05) is 13.0 Å². The Morgan fingerprint density at radius 3 is 2.48 bits per heavy atom. The van der Waals surface area contributed by atoms with Crippen LogP contribution in [0.5, 0.6) is 0 Å². The molecule has 0 aromatic heterocycles. The minimum atomic E-state index is -0.758. The summed E-state index contributed by atoms with van der Waals surface area (Å²) >= 11 is 2.08. The van der Waals surface area contributed by atoms with Gasteiger partial charge in [0.25, 0.3) is 0 Å². The van der Waals surface area contributed by atoms with Gasteiger partial charge >= 0.3 is 0 Å². The summed E-state index contributed by atoms with van der Waals surface area (Å²) < 4.78 is 26.2. The van der Waals surface area contributed by atoms with Gasteiger partial charge in [-0.3, -0.25) is 0 Å². The van der Waals surface area contributed by atoms with E-state index in [-0.39, 0.29) is 0 Å². The van der Waals surface area contributed by atoms with Crippen LogP contribution < -0.4 is 0 Å². The molecule has 2 aliphatic heterocycles. The zero-order chi connectivity index (χ0) is 14.9. The van der Waals surface area contributed by atoms with Gasteiger partial charge in [-0.2, -0.15) is 11.8 Å². The molecule has 116 valence electrons. The maximum atomic E-state index is 13.2. The molecule has 2 aliphatic rings. The second-order valence-corrected chi connectivity index (χ2v) is 7.84. The van der Waals surface area contributed by atoms with E-state index in [1.54, 1.807) is 6.07 Å². The van der Waals surface area contributed by atoms with Crippen molar-refractivity contribution in [3.8, 4) is 0 Å². The highest BCUT2D eigenvalue weighted by Crippen LogP contribution is 2.45. The van der Waals surface area contributed by atoms with Crippen molar-refractivity contribution in [3.05, 3.63) is 35.4 Å². The standard InChI is InChI=1S/C17H23F2NS/c1-13(8-14-2-3-15(18)16(19)9-14)10-20-6-4-17(5-7-20)11-21-12-17/h2-3,9,13H,4-8,10-12H2,1H3/t13-/m1/s1. The number of nitrogens with zero attached hydrogens (tertiary/aromatic N) is 1. The molecule has 4 heteroatoms. The van der Waals surface area contributed by atoms with E-state index in [0.29, 0.717) is 11.3 Å². The SMILES string of the molecule is C[C@H](Cc1ccc(F)c(F)c1)CN1CCC2(CC1)CSC2. The number of piperidine rings is 1. The smallest absolute Gasteiger partial charge is 0.159 e. The molecule has 0 amide bonds. The summed E-state index contributed by atoms with van der Waals surface area (Å²) in [6.45, 7) is 5.65. The van der Waals surface area contributed by atoms with Gasteiger partial charge < -0.3 is 4.90 Å². The molecule has 2 fully saturated rings. The lowest BCUT2D eigenvalue weighted by atomic mass is 9.81. The molecule has 0 saturated carbocycles. The lowest BCUT2D eigenvalue weighted by molar-refractivity contribution is 0.118. The van der Waals surface area contributed by atoms with E-state index in [0.717, 1.165) is 18.5 Å². The fourth-order valence-electron chi connectivity index (χ4n) is 3.46. The van der Waals surface area contributed by atoms with Crippen LogP contribution in [0, 0.1) is 23.0 Å². The van der Waals surface area contributed by atoms with Gasteiger partial charge in [0, 0.05) is 6.54 Å². The number of thioether (sulfide) groups is 1. The molecular weight excluding hydrogens is 288 g/mol. The van der Waals surface area contributed by atoms with Gasteiger partial charge in [0.15, 0.2) is 11.6 Å². The Morgan fingerprint density at radius 1 is 1.19 bits per heavy atom. The van der Waals surface area contributed by atoms with E-state index < -0.39 is 11.6 Å². The molecule has 21 heavy (non-hydrogen) atoms. The van der Waals surface area contributed by atoms with Crippen LogP contribution in [-0.2, 0) is 6.42 Å². The Balaban J connectivity index is 1.47. The Hall–Kier alpha value is -0.610. The van der Waals surface area contributed by atoms with Crippen molar-refractivity contribution in [2.75, 3.05) is 31.1 Å². The predicted octanol–water partition coefficient (Wildman–Crippen LogP) is 3.97. The summed E-state index contributed by atoms with van der Waals surface area (Å²) in [6.07, 6.45) is 3.48. The highest BCUT2D eigenvalue weighted by atomic mass is 32.2. The highest BCUT2D eigenvalue weighted by molar-refractivity contribution is 8.00. The van der Waals surface area contributed by atoms with E-state index in [1.165, 1.54) is 49.6 Å². The number of likely N-dealkylation sites (tertiary alicyclic amines) is 1. The maximum Gasteiger partial charge on any atom is 0.159 e. The van der Waals surface area contributed by atoms with E-state index in [1.807, 2.05) is 0 Å². The summed E-state index contributed by atoms with van der Waals surface area (Å²) in [6, 6.07) is 4.27. The van der Waals surface area contributed by atoms with Crippen molar-refractivity contribution < 1.29 is 8.78 Å². The van der Waals surface area contributed by atoms with Gasteiger partial charge in [-0.25, -0.2) is 8.78 Å². The van der Waals surface area contributed by atoms with Crippen LogP contribution in [0.2, 0.25) is 0 Å². The van der Waals surface area contributed by atoms with Crippen molar-refractivity contribution in [2.45, 2.75) is 26.2 Å². The van der Waals surface area contributed by atoms with Crippen LogP contribution in [0.4, 0.5) is 8.78 Å². The summed E-state index contributed by atoms with van der Waals surface area (Å²) in [5.74, 6) is 1.68. The van der Waals surface area contributed by atoms with Crippen molar-refractivity contribution in [1.82, 2.24) is 4.90 Å². The van der Waals surface area contributed by atoms with Gasteiger partial charge in [0.2, 0.25) is 0 Å². The van der Waals surface area contributed by atoms with E-state index in [9.17, 15) is 8.78 Å². The topological polar surface area (TPSA) is 3.24 Å². The van der Waals surface area contributed by atoms with Crippen LogP contribution in [0.1, 0.15) is 25.3 Å². The summed E-state index contributed by atoms with van der Waals surface area (Å²) in [5.41, 5.74) is 1.55. The maximum absolute atomic E-state index is 13.2. The fraction of sp³-hybridized carbons (Fsp3) is 0.647. The van der Waals surface area contributed by atoms with Crippen LogP contribution in [0.25, 0.3) is 0 Å². The summed E-state index contributed by atoms with van der Waals surface area (Å²) in [4.78, 5) is 2.54. The largest absolute Gasteiger partial charge is 0.303 e. The van der Waals surface area contributed by atoms with Crippen LogP contribution in [0.3, 0.4) is 0 Å². The normalized spacial score (nSPS) is 23.0. The molecule has 2 saturated heterocycles. The fourth-order valence-corrected chi connectivity index (χ4v) is 4.82. The minimum absolute atomic E-state index is 0.472. The highest BCUT2D eigenvalue weighted by Gasteiger charge is 2.40. The van der Waals surface area contributed by atoms with Crippen molar-refractivity contribution in [1.29, 1.82) is 0 Å². The van der Waals surface area contributed by atoms with Gasteiger partial charge in [0.05, 0.1) is 0 Å². The van der Waals surface area contributed by atoms with Crippen LogP contribution in [0.15, 0.2) is 18.2 Å². The third-order valence-corrected chi connectivity index (χ3v) is 6.50. The van der Waals surface area contributed by atoms with Crippen molar-refractivity contribution in [2.24, 2.45) is 11.3 Å². The van der Waals surface area contributed by atoms with Crippen molar-refractivity contribution >= 4 is 11.8 Å². The molecule has 1 aromatic rings. The first-order chi connectivity index (χ1) is 10.1. The first kappa shape index (κ1) is 15.3. The summed E-state index contributed by atoms with van der Waals surface area (Å²) in [7, 11) is 0. The molecule has 3 rings (SSSR count). The molecule has 1 nitrogen and oxygen atoms in total. The third kappa shape index (κ3) is 3.59. The average molecular weight is 311 g/mol. The van der Waals surface area contributed by atoms with Crippen molar-refractivity contribution in [3.63, 3.8) is 0 Å². The molecule has 0 bridgehead atoms. The average Bonchev–Trinajstić information content (AvgIpc) is 2.42. The number of hydrogen-bond donors (Lipinski definition) is 0. The minimum Gasteiger partial charge on any atom is -0.303 e. The monoisotopic (exact) mass is 311 g/mol. The van der Waals surface area contributed by atoms with Gasteiger partial charge in [-0.05, 0) is 72.9 Å². The van der Waals surface area contributed by atoms with Crippen LogP contribution >= 0.6 is 11.8 Å². The summed E-state index contributed by atoms with van der Waals surface area (Å²) in [5, 5.41) is 0. The second kappa shape index (κ2) is 6.25.